The van der Waals surface area contributed by atoms with E-state index < -0.39 is 0 Å². The molecule has 6 aromatic carbocycles. The highest BCUT2D eigenvalue weighted by atomic mass is 15.1. The Morgan fingerprint density at radius 3 is 1.05 bits per heavy atom. The summed E-state index contributed by atoms with van der Waals surface area (Å²) in [7, 11) is 0. The van der Waals surface area contributed by atoms with Crippen molar-refractivity contribution in [2.75, 3.05) is 4.90 Å². The minimum atomic E-state index is 1.12. The number of anilines is 3. The van der Waals surface area contributed by atoms with Gasteiger partial charge in [0.1, 0.15) is 0 Å². The van der Waals surface area contributed by atoms with E-state index in [9.17, 15) is 0 Å². The van der Waals surface area contributed by atoms with Crippen LogP contribution in [0.4, 0.5) is 17.1 Å². The van der Waals surface area contributed by atoms with Gasteiger partial charge in [-0.15, -0.1) is 0 Å². The van der Waals surface area contributed by atoms with Crippen LogP contribution in [0.2, 0.25) is 0 Å². The van der Waals surface area contributed by atoms with Gasteiger partial charge >= 0.3 is 0 Å². The summed E-state index contributed by atoms with van der Waals surface area (Å²) in [4.78, 5) is 2.34. The van der Waals surface area contributed by atoms with Crippen molar-refractivity contribution in [2.45, 2.75) is 0 Å². The van der Waals surface area contributed by atoms with Crippen LogP contribution >= 0.6 is 0 Å². The third kappa shape index (κ3) is 4.94. The van der Waals surface area contributed by atoms with Gasteiger partial charge in [0.2, 0.25) is 0 Å². The quantitative estimate of drug-likeness (QED) is 0.233. The molecule has 0 amide bonds. The minimum absolute atomic E-state index is 1.12. The Hall–Kier alpha value is -4.88. The van der Waals surface area contributed by atoms with Crippen molar-refractivity contribution in [3.8, 4) is 33.4 Å². The molecule has 0 fully saturated rings. The summed E-state index contributed by atoms with van der Waals surface area (Å²) in [5.74, 6) is 0. The zero-order valence-corrected chi connectivity index (χ0v) is 20.5. The highest BCUT2D eigenvalue weighted by molar-refractivity contribution is 5.85. The molecule has 0 unspecified atom stereocenters. The molecule has 0 aliphatic heterocycles. The first kappa shape index (κ1) is 22.6. The summed E-state index contributed by atoms with van der Waals surface area (Å²) < 4.78 is 0. The molecule has 0 saturated carbocycles. The number of hydrogen-bond donors (Lipinski definition) is 0. The smallest absolute Gasteiger partial charge is 0.0473 e. The van der Waals surface area contributed by atoms with E-state index in [4.69, 9.17) is 0 Å². The molecule has 0 aromatic heterocycles. The highest BCUT2D eigenvalue weighted by Crippen LogP contribution is 2.40. The molecular formula is C36H27N. The Kier molecular flexibility index (Phi) is 6.34. The molecule has 6 rings (SSSR count). The molecule has 1 nitrogen and oxygen atoms in total. The summed E-state index contributed by atoms with van der Waals surface area (Å²) in [6.07, 6.45) is 0. The van der Waals surface area contributed by atoms with Gasteiger partial charge in [-0.2, -0.15) is 0 Å². The third-order valence-electron chi connectivity index (χ3n) is 6.64. The predicted octanol–water partition coefficient (Wildman–Crippen LogP) is 10.2. The Labute approximate surface area is 218 Å². The van der Waals surface area contributed by atoms with Gasteiger partial charge in [-0.25, -0.2) is 0 Å². The van der Waals surface area contributed by atoms with Crippen LogP contribution < -0.4 is 4.90 Å². The molecule has 0 saturated heterocycles. The molecule has 176 valence electrons. The van der Waals surface area contributed by atoms with Crippen LogP contribution in [0.3, 0.4) is 0 Å². The Morgan fingerprint density at radius 1 is 0.243 bits per heavy atom. The molecule has 0 radical (unpaired) electrons. The molecule has 0 aliphatic rings. The largest absolute Gasteiger partial charge is 0.310 e. The fraction of sp³-hybridized carbons (Fsp3) is 0. The van der Waals surface area contributed by atoms with Gasteiger partial charge < -0.3 is 4.90 Å². The number of hydrogen-bond acceptors (Lipinski definition) is 1. The number of para-hydroxylation sites is 1. The Bertz CT molecular complexity index is 1520. The maximum Gasteiger partial charge on any atom is 0.0473 e. The molecular weight excluding hydrogens is 446 g/mol. The average molecular weight is 474 g/mol. The number of nitrogens with zero attached hydrogens (tertiary/aromatic N) is 1. The van der Waals surface area contributed by atoms with Gasteiger partial charge in [0.05, 0.1) is 0 Å². The van der Waals surface area contributed by atoms with Crippen LogP contribution in [0.1, 0.15) is 0 Å². The Balaban J connectivity index is 1.52. The van der Waals surface area contributed by atoms with Crippen LogP contribution in [0.25, 0.3) is 33.4 Å². The normalized spacial score (nSPS) is 10.7. The fourth-order valence-electron chi connectivity index (χ4n) is 4.79. The van der Waals surface area contributed by atoms with E-state index in [0.717, 1.165) is 17.1 Å². The van der Waals surface area contributed by atoms with Gasteiger partial charge in [-0.3, -0.25) is 0 Å². The third-order valence-corrected chi connectivity index (χ3v) is 6.64. The van der Waals surface area contributed by atoms with Crippen molar-refractivity contribution in [1.29, 1.82) is 0 Å². The fourth-order valence-corrected chi connectivity index (χ4v) is 4.79. The van der Waals surface area contributed by atoms with Gasteiger partial charge in [-0.1, -0.05) is 121 Å². The lowest BCUT2D eigenvalue weighted by Gasteiger charge is -2.27. The Morgan fingerprint density at radius 2 is 0.595 bits per heavy atom. The van der Waals surface area contributed by atoms with Crippen LogP contribution in [0, 0.1) is 0 Å². The van der Waals surface area contributed by atoms with Gasteiger partial charge in [0.15, 0.2) is 0 Å². The van der Waals surface area contributed by atoms with Crippen molar-refractivity contribution in [3.63, 3.8) is 0 Å². The predicted molar refractivity (Wildman–Crippen MR) is 157 cm³/mol. The van der Waals surface area contributed by atoms with E-state index >= 15 is 0 Å². The first-order chi connectivity index (χ1) is 18.3. The lowest BCUT2D eigenvalue weighted by Crippen LogP contribution is -2.10. The molecule has 0 N–H and O–H groups in total. The topological polar surface area (TPSA) is 3.24 Å². The highest BCUT2D eigenvalue weighted by Gasteiger charge is 2.15. The SMILES string of the molecule is c1ccc(-c2ccc(N(c3ccccc3)c3cc(-c4ccccc4)cc(-c4ccccc4)c3)cc2)cc1. The summed E-state index contributed by atoms with van der Waals surface area (Å²) in [5, 5.41) is 0. The summed E-state index contributed by atoms with van der Waals surface area (Å²) in [6.45, 7) is 0. The van der Waals surface area contributed by atoms with Crippen LogP contribution in [0.5, 0.6) is 0 Å². The van der Waals surface area contributed by atoms with Crippen molar-refractivity contribution in [3.05, 3.63) is 164 Å². The van der Waals surface area contributed by atoms with Crippen molar-refractivity contribution in [2.24, 2.45) is 0 Å². The van der Waals surface area contributed by atoms with Crippen LogP contribution in [0.15, 0.2) is 164 Å². The van der Waals surface area contributed by atoms with Gasteiger partial charge in [0.25, 0.3) is 0 Å². The van der Waals surface area contributed by atoms with Crippen LogP contribution in [-0.2, 0) is 0 Å². The maximum absolute atomic E-state index is 2.34. The second-order valence-electron chi connectivity index (χ2n) is 9.08. The standard InChI is InChI=1S/C36H27N/c1-5-13-28(14-6-1)31-21-23-35(24-22-31)37(34-19-11-4-12-20-34)36-26-32(29-15-7-2-8-16-29)25-33(27-36)30-17-9-3-10-18-30/h1-27H. The molecule has 0 atom stereocenters. The lowest BCUT2D eigenvalue weighted by molar-refractivity contribution is 1.28. The zero-order chi connectivity index (χ0) is 24.9. The summed E-state index contributed by atoms with van der Waals surface area (Å²) >= 11 is 0. The van der Waals surface area contributed by atoms with Crippen LogP contribution in [-0.4, -0.2) is 0 Å². The van der Waals surface area contributed by atoms with E-state index in [1.807, 2.05) is 0 Å². The van der Waals surface area contributed by atoms with E-state index in [2.05, 4.69) is 169 Å². The number of benzene rings is 6. The second kappa shape index (κ2) is 10.4. The molecule has 0 aliphatic carbocycles. The molecule has 0 spiro atoms. The van der Waals surface area contributed by atoms with E-state index in [1.54, 1.807) is 0 Å². The first-order valence-electron chi connectivity index (χ1n) is 12.6. The summed E-state index contributed by atoms with van der Waals surface area (Å²) in [5.41, 5.74) is 10.6. The molecule has 6 aromatic rings. The van der Waals surface area contributed by atoms with Crippen molar-refractivity contribution in [1.82, 2.24) is 0 Å². The van der Waals surface area contributed by atoms with E-state index in [1.165, 1.54) is 33.4 Å². The van der Waals surface area contributed by atoms with Crippen molar-refractivity contribution < 1.29 is 0 Å². The molecule has 1 heteroatoms. The molecule has 0 heterocycles. The molecule has 0 bridgehead atoms. The van der Waals surface area contributed by atoms with Crippen molar-refractivity contribution >= 4 is 17.1 Å². The zero-order valence-electron chi connectivity index (χ0n) is 20.5. The monoisotopic (exact) mass is 473 g/mol. The van der Waals surface area contributed by atoms with Gasteiger partial charge in [-0.05, 0) is 75.8 Å². The van der Waals surface area contributed by atoms with E-state index in [0.29, 0.717) is 0 Å². The summed E-state index contributed by atoms with van der Waals surface area (Å²) in [6, 6.07) is 58.1. The molecule has 37 heavy (non-hydrogen) atoms. The second-order valence-corrected chi connectivity index (χ2v) is 9.08. The average Bonchev–Trinajstić information content (AvgIpc) is 2.99. The van der Waals surface area contributed by atoms with Gasteiger partial charge in [0, 0.05) is 17.1 Å². The number of rotatable bonds is 6. The van der Waals surface area contributed by atoms with E-state index in [-0.39, 0.29) is 0 Å². The first-order valence-corrected chi connectivity index (χ1v) is 12.6. The minimum Gasteiger partial charge on any atom is -0.310 e. The lowest BCUT2D eigenvalue weighted by atomic mass is 9.97. The maximum atomic E-state index is 2.34.